The number of halogens is 1. The van der Waals surface area contributed by atoms with Crippen molar-refractivity contribution in [2.75, 3.05) is 5.73 Å². The van der Waals surface area contributed by atoms with Gasteiger partial charge in [-0.2, -0.15) is 0 Å². The molecule has 0 aliphatic heterocycles. The summed E-state index contributed by atoms with van der Waals surface area (Å²) in [6.07, 6.45) is 0. The number of aromatic nitrogens is 2. The third-order valence-corrected chi connectivity index (χ3v) is 1.80. The fourth-order valence-electron chi connectivity index (χ4n) is 1.26. The SMILES string of the molecule is Nc1nc2c(C(=O)O)cc(F)cc2[nH]1. The summed E-state index contributed by atoms with van der Waals surface area (Å²) in [6, 6.07) is 2.05. The van der Waals surface area contributed by atoms with Crippen LogP contribution in [0.2, 0.25) is 0 Å². The summed E-state index contributed by atoms with van der Waals surface area (Å²) in [5.74, 6) is -1.81. The molecule has 0 aliphatic carbocycles. The van der Waals surface area contributed by atoms with Crippen LogP contribution in [0, 0.1) is 5.82 Å². The van der Waals surface area contributed by atoms with E-state index >= 15 is 0 Å². The normalized spacial score (nSPS) is 10.6. The fraction of sp³-hybridized carbons (Fsp3) is 0. The number of hydrogen-bond donors (Lipinski definition) is 3. The van der Waals surface area contributed by atoms with Crippen molar-refractivity contribution in [1.82, 2.24) is 9.97 Å². The molecule has 4 N–H and O–H groups in total. The van der Waals surface area contributed by atoms with Gasteiger partial charge in [0.15, 0.2) is 5.95 Å². The Bertz CT molecular complexity index is 521. The topological polar surface area (TPSA) is 92.0 Å². The summed E-state index contributed by atoms with van der Waals surface area (Å²) in [5, 5.41) is 8.76. The van der Waals surface area contributed by atoms with Gasteiger partial charge in [-0.15, -0.1) is 0 Å². The number of aromatic amines is 1. The summed E-state index contributed by atoms with van der Waals surface area (Å²) in [4.78, 5) is 17.0. The Morgan fingerprint density at radius 3 is 2.93 bits per heavy atom. The quantitative estimate of drug-likeness (QED) is 0.632. The first-order chi connectivity index (χ1) is 6.58. The average Bonchev–Trinajstić information content (AvgIpc) is 2.42. The van der Waals surface area contributed by atoms with E-state index in [0.717, 1.165) is 12.1 Å². The van der Waals surface area contributed by atoms with Crippen molar-refractivity contribution in [3.63, 3.8) is 0 Å². The number of carbonyl (C=O) groups is 1. The first-order valence-electron chi connectivity index (χ1n) is 3.76. The molecule has 14 heavy (non-hydrogen) atoms. The van der Waals surface area contributed by atoms with E-state index < -0.39 is 11.8 Å². The summed E-state index contributed by atoms with van der Waals surface area (Å²) in [6.45, 7) is 0. The number of nitrogen functional groups attached to an aromatic ring is 1. The zero-order chi connectivity index (χ0) is 10.3. The first kappa shape index (κ1) is 8.49. The number of H-pyrrole nitrogens is 1. The Kier molecular flexibility index (Phi) is 1.63. The average molecular weight is 195 g/mol. The molecule has 1 aromatic carbocycles. The van der Waals surface area contributed by atoms with E-state index in [1.807, 2.05) is 0 Å². The van der Waals surface area contributed by atoms with Crippen molar-refractivity contribution in [2.24, 2.45) is 0 Å². The van der Waals surface area contributed by atoms with Crippen LogP contribution in [0.3, 0.4) is 0 Å². The molecule has 1 aromatic heterocycles. The molecule has 0 atom stereocenters. The van der Waals surface area contributed by atoms with Crippen molar-refractivity contribution < 1.29 is 14.3 Å². The number of fused-ring (bicyclic) bond motifs is 1. The van der Waals surface area contributed by atoms with Crippen molar-refractivity contribution in [3.05, 3.63) is 23.5 Å². The van der Waals surface area contributed by atoms with Gasteiger partial charge >= 0.3 is 5.97 Å². The second-order valence-corrected chi connectivity index (χ2v) is 2.78. The second kappa shape index (κ2) is 2.69. The lowest BCUT2D eigenvalue weighted by Crippen LogP contribution is -1.98. The van der Waals surface area contributed by atoms with Crippen LogP contribution in [-0.4, -0.2) is 21.0 Å². The number of nitrogens with zero attached hydrogens (tertiary/aromatic N) is 1. The lowest BCUT2D eigenvalue weighted by atomic mass is 10.2. The zero-order valence-corrected chi connectivity index (χ0v) is 6.91. The van der Waals surface area contributed by atoms with Gasteiger partial charge in [-0.25, -0.2) is 14.2 Å². The molecule has 0 amide bonds. The highest BCUT2D eigenvalue weighted by Crippen LogP contribution is 2.19. The molecule has 0 saturated heterocycles. The molecule has 0 aliphatic rings. The van der Waals surface area contributed by atoms with Gasteiger partial charge in [0.25, 0.3) is 0 Å². The molecule has 0 bridgehead atoms. The van der Waals surface area contributed by atoms with Crippen LogP contribution in [0.4, 0.5) is 10.3 Å². The van der Waals surface area contributed by atoms with Crippen LogP contribution in [0.5, 0.6) is 0 Å². The van der Waals surface area contributed by atoms with E-state index in [9.17, 15) is 9.18 Å². The Labute approximate surface area is 77.4 Å². The van der Waals surface area contributed by atoms with Crippen molar-refractivity contribution in [2.45, 2.75) is 0 Å². The monoisotopic (exact) mass is 195 g/mol. The zero-order valence-electron chi connectivity index (χ0n) is 6.91. The van der Waals surface area contributed by atoms with Gasteiger partial charge in [-0.3, -0.25) is 0 Å². The minimum Gasteiger partial charge on any atom is -0.478 e. The second-order valence-electron chi connectivity index (χ2n) is 2.78. The number of nitrogens with two attached hydrogens (primary N) is 1. The summed E-state index contributed by atoms with van der Waals surface area (Å²) < 4.78 is 12.9. The number of carboxylic acid groups (broad SMARTS) is 1. The summed E-state index contributed by atoms with van der Waals surface area (Å²) >= 11 is 0. The molecule has 0 spiro atoms. The number of imidazole rings is 1. The molecule has 5 nitrogen and oxygen atoms in total. The van der Waals surface area contributed by atoms with Gasteiger partial charge in [-0.1, -0.05) is 0 Å². The smallest absolute Gasteiger partial charge is 0.338 e. The Morgan fingerprint density at radius 2 is 2.29 bits per heavy atom. The third-order valence-electron chi connectivity index (χ3n) is 1.80. The maximum atomic E-state index is 12.9. The van der Waals surface area contributed by atoms with E-state index in [2.05, 4.69) is 9.97 Å². The van der Waals surface area contributed by atoms with E-state index in [1.165, 1.54) is 0 Å². The molecular weight excluding hydrogens is 189 g/mol. The molecule has 0 saturated carbocycles. The molecule has 72 valence electrons. The molecule has 0 fully saturated rings. The molecule has 6 heteroatoms. The third kappa shape index (κ3) is 1.17. The standard InChI is InChI=1S/C8H6FN3O2/c9-3-1-4(7(13)14)6-5(2-3)11-8(10)12-6/h1-2H,(H,13,14)(H3,10,11,12). The first-order valence-corrected chi connectivity index (χ1v) is 3.76. The molecule has 0 unspecified atom stereocenters. The van der Waals surface area contributed by atoms with Gasteiger partial charge in [0.05, 0.1) is 11.1 Å². The number of aromatic carboxylic acids is 1. The minimum absolute atomic E-state index is 0.0631. The van der Waals surface area contributed by atoms with Crippen LogP contribution in [-0.2, 0) is 0 Å². The van der Waals surface area contributed by atoms with Crippen molar-refractivity contribution >= 4 is 23.0 Å². The predicted octanol–water partition coefficient (Wildman–Crippen LogP) is 0.982. The lowest BCUT2D eigenvalue weighted by molar-refractivity contribution is 0.0698. The Hall–Kier alpha value is -2.11. The van der Waals surface area contributed by atoms with Gasteiger partial charge in [0, 0.05) is 0 Å². The summed E-state index contributed by atoms with van der Waals surface area (Å²) in [5.41, 5.74) is 5.57. The van der Waals surface area contributed by atoms with Crippen LogP contribution < -0.4 is 5.73 Å². The number of hydrogen-bond acceptors (Lipinski definition) is 3. The van der Waals surface area contributed by atoms with E-state index in [1.54, 1.807) is 0 Å². The predicted molar refractivity (Wildman–Crippen MR) is 47.4 cm³/mol. The van der Waals surface area contributed by atoms with Crippen molar-refractivity contribution in [3.8, 4) is 0 Å². The van der Waals surface area contributed by atoms with Crippen LogP contribution in [0.15, 0.2) is 12.1 Å². The number of anilines is 1. The number of carboxylic acids is 1. The van der Waals surface area contributed by atoms with E-state index in [0.29, 0.717) is 0 Å². The van der Waals surface area contributed by atoms with E-state index in [-0.39, 0.29) is 22.5 Å². The molecule has 2 rings (SSSR count). The van der Waals surface area contributed by atoms with Crippen LogP contribution in [0.25, 0.3) is 11.0 Å². The van der Waals surface area contributed by atoms with Gasteiger partial charge < -0.3 is 15.8 Å². The highest BCUT2D eigenvalue weighted by Gasteiger charge is 2.13. The number of nitrogens with one attached hydrogen (secondary N) is 1. The maximum absolute atomic E-state index is 12.9. The van der Waals surface area contributed by atoms with Crippen LogP contribution in [0.1, 0.15) is 10.4 Å². The summed E-state index contributed by atoms with van der Waals surface area (Å²) in [7, 11) is 0. The minimum atomic E-state index is -1.24. The number of benzene rings is 1. The number of rotatable bonds is 1. The molecule has 1 heterocycles. The maximum Gasteiger partial charge on any atom is 0.338 e. The van der Waals surface area contributed by atoms with E-state index in [4.69, 9.17) is 10.8 Å². The molecule has 2 aromatic rings. The fourth-order valence-corrected chi connectivity index (χ4v) is 1.26. The molecular formula is C8H6FN3O2. The van der Waals surface area contributed by atoms with Crippen LogP contribution >= 0.6 is 0 Å². The highest BCUT2D eigenvalue weighted by molar-refractivity contribution is 6.01. The largest absolute Gasteiger partial charge is 0.478 e. The Balaban J connectivity index is 2.85. The van der Waals surface area contributed by atoms with Crippen molar-refractivity contribution in [1.29, 1.82) is 0 Å². The van der Waals surface area contributed by atoms with Gasteiger partial charge in [0.2, 0.25) is 0 Å². The molecule has 0 radical (unpaired) electrons. The Morgan fingerprint density at radius 1 is 1.57 bits per heavy atom. The van der Waals surface area contributed by atoms with Gasteiger partial charge in [-0.05, 0) is 12.1 Å². The van der Waals surface area contributed by atoms with Gasteiger partial charge in [0.1, 0.15) is 11.3 Å². The highest BCUT2D eigenvalue weighted by atomic mass is 19.1. The lowest BCUT2D eigenvalue weighted by Gasteiger charge is -1.95.